The Bertz CT molecular complexity index is 699. The average molecular weight is 315 g/mol. The van der Waals surface area contributed by atoms with E-state index < -0.39 is 18.5 Å². The van der Waals surface area contributed by atoms with Crippen molar-refractivity contribution in [1.82, 2.24) is 0 Å². The molecule has 0 aliphatic rings. The molecule has 2 N–H and O–H groups in total. The van der Waals surface area contributed by atoms with E-state index in [-0.39, 0.29) is 11.3 Å². The first-order valence-corrected chi connectivity index (χ1v) is 7.08. The molecule has 0 spiro atoms. The lowest BCUT2D eigenvalue weighted by Crippen LogP contribution is -2.21. The van der Waals surface area contributed by atoms with Gasteiger partial charge in [0, 0.05) is 0 Å². The molecule has 0 aromatic heterocycles. The molecule has 2 rings (SSSR count). The number of phenolic OH excluding ortho intramolecular Hbond substituents is 1. The van der Waals surface area contributed by atoms with Gasteiger partial charge in [0.05, 0.1) is 17.9 Å². The van der Waals surface area contributed by atoms with Gasteiger partial charge < -0.3 is 19.9 Å². The van der Waals surface area contributed by atoms with Crippen molar-refractivity contribution in [2.75, 3.05) is 18.5 Å². The zero-order valence-electron chi connectivity index (χ0n) is 12.6. The van der Waals surface area contributed by atoms with E-state index in [1.54, 1.807) is 24.3 Å². The number of rotatable bonds is 6. The number of benzene rings is 2. The topological polar surface area (TPSA) is 84.9 Å². The van der Waals surface area contributed by atoms with E-state index in [4.69, 9.17) is 9.47 Å². The summed E-state index contributed by atoms with van der Waals surface area (Å²) < 4.78 is 10.3. The summed E-state index contributed by atoms with van der Waals surface area (Å²) in [4.78, 5) is 23.7. The summed E-state index contributed by atoms with van der Waals surface area (Å²) in [5.74, 6) is -0.669. The van der Waals surface area contributed by atoms with Gasteiger partial charge in [-0.2, -0.15) is 0 Å². The van der Waals surface area contributed by atoms with Crippen molar-refractivity contribution >= 4 is 17.6 Å². The smallest absolute Gasteiger partial charge is 0.338 e. The first kappa shape index (κ1) is 16.4. The van der Waals surface area contributed by atoms with Crippen LogP contribution in [0.4, 0.5) is 5.69 Å². The largest absolute Gasteiger partial charge is 0.508 e. The third-order valence-corrected chi connectivity index (χ3v) is 2.88. The molecule has 0 atom stereocenters. The Hall–Kier alpha value is -3.02. The van der Waals surface area contributed by atoms with Crippen LogP contribution in [0.1, 0.15) is 17.3 Å². The molecule has 0 saturated heterocycles. The number of nitrogens with one attached hydrogen (secondary N) is 1. The molecule has 6 heteroatoms. The van der Waals surface area contributed by atoms with Crippen LogP contribution in [0.15, 0.2) is 48.5 Å². The molecule has 0 fully saturated rings. The van der Waals surface area contributed by atoms with Crippen LogP contribution in [0.25, 0.3) is 0 Å². The molecule has 2 aromatic carbocycles. The Morgan fingerprint density at radius 2 is 1.91 bits per heavy atom. The van der Waals surface area contributed by atoms with Gasteiger partial charge in [-0.15, -0.1) is 0 Å². The van der Waals surface area contributed by atoms with E-state index in [2.05, 4.69) is 5.32 Å². The summed E-state index contributed by atoms with van der Waals surface area (Å²) in [6.07, 6.45) is 0. The van der Waals surface area contributed by atoms with E-state index in [0.29, 0.717) is 18.0 Å². The van der Waals surface area contributed by atoms with E-state index in [1.165, 1.54) is 24.3 Å². The fourth-order valence-electron chi connectivity index (χ4n) is 1.88. The molecular weight excluding hydrogens is 298 g/mol. The molecular formula is C17H17NO5. The quantitative estimate of drug-likeness (QED) is 0.800. The molecule has 0 aliphatic heterocycles. The minimum atomic E-state index is -0.686. The van der Waals surface area contributed by atoms with Crippen LogP contribution >= 0.6 is 0 Å². The molecule has 120 valence electrons. The van der Waals surface area contributed by atoms with Crippen molar-refractivity contribution in [3.05, 3.63) is 54.1 Å². The maximum atomic E-state index is 11.9. The van der Waals surface area contributed by atoms with Crippen molar-refractivity contribution in [2.45, 2.75) is 6.92 Å². The highest BCUT2D eigenvalue weighted by Crippen LogP contribution is 2.23. The predicted octanol–water partition coefficient (Wildman–Crippen LogP) is 2.59. The number of hydrogen-bond donors (Lipinski definition) is 2. The normalized spacial score (nSPS) is 9.96. The van der Waals surface area contributed by atoms with Crippen LogP contribution in [-0.4, -0.2) is 30.2 Å². The van der Waals surface area contributed by atoms with Gasteiger partial charge in [0.15, 0.2) is 6.61 Å². The first-order valence-electron chi connectivity index (χ1n) is 7.08. The fraction of sp³-hybridized carbons (Fsp3) is 0.176. The number of anilines is 1. The number of carbonyl (C=O) groups is 2. The molecule has 23 heavy (non-hydrogen) atoms. The average Bonchev–Trinajstić information content (AvgIpc) is 2.54. The van der Waals surface area contributed by atoms with Crippen molar-refractivity contribution in [3.63, 3.8) is 0 Å². The molecule has 0 bridgehead atoms. The number of phenols is 1. The second-order valence-electron chi connectivity index (χ2n) is 4.60. The van der Waals surface area contributed by atoms with Gasteiger partial charge in [-0.05, 0) is 37.3 Å². The van der Waals surface area contributed by atoms with E-state index in [1.807, 2.05) is 6.92 Å². The maximum Gasteiger partial charge on any atom is 0.338 e. The van der Waals surface area contributed by atoms with Gasteiger partial charge >= 0.3 is 5.97 Å². The summed E-state index contributed by atoms with van der Waals surface area (Å²) in [5.41, 5.74) is 0.681. The lowest BCUT2D eigenvalue weighted by Gasteiger charge is -2.11. The number of carbonyl (C=O) groups excluding carboxylic acids is 2. The van der Waals surface area contributed by atoms with Gasteiger partial charge in [-0.1, -0.05) is 18.2 Å². The minimum Gasteiger partial charge on any atom is -0.508 e. The number of esters is 1. The highest BCUT2D eigenvalue weighted by molar-refractivity contribution is 5.96. The van der Waals surface area contributed by atoms with Gasteiger partial charge in [0.2, 0.25) is 0 Å². The third-order valence-electron chi connectivity index (χ3n) is 2.88. The fourth-order valence-corrected chi connectivity index (χ4v) is 1.88. The van der Waals surface area contributed by atoms with Crippen LogP contribution in [0, 0.1) is 0 Å². The molecule has 0 unspecified atom stereocenters. The SMILES string of the molecule is CCOc1ccccc1NC(=O)COC(=O)c1cccc(O)c1. The van der Waals surface area contributed by atoms with Crippen LogP contribution < -0.4 is 10.1 Å². The molecule has 1 amide bonds. The van der Waals surface area contributed by atoms with Crippen molar-refractivity contribution in [2.24, 2.45) is 0 Å². The molecule has 2 aromatic rings. The highest BCUT2D eigenvalue weighted by Gasteiger charge is 2.12. The van der Waals surface area contributed by atoms with Crippen LogP contribution in [-0.2, 0) is 9.53 Å². The number of amides is 1. The summed E-state index contributed by atoms with van der Waals surface area (Å²) in [5, 5.41) is 11.9. The standard InChI is InChI=1S/C17H17NO5/c1-2-22-15-9-4-3-8-14(15)18-16(20)11-23-17(21)12-6-5-7-13(19)10-12/h3-10,19H,2,11H2,1H3,(H,18,20). The second kappa shape index (κ2) is 7.84. The van der Waals surface area contributed by atoms with Gasteiger partial charge in [0.1, 0.15) is 11.5 Å². The summed E-state index contributed by atoms with van der Waals surface area (Å²) in [6.45, 7) is 1.88. The van der Waals surface area contributed by atoms with E-state index in [0.717, 1.165) is 0 Å². The molecule has 0 heterocycles. The Morgan fingerprint density at radius 3 is 2.65 bits per heavy atom. The Labute approximate surface area is 133 Å². The first-order chi connectivity index (χ1) is 11.1. The molecule has 0 radical (unpaired) electrons. The number of para-hydroxylation sites is 2. The Balaban J connectivity index is 1.92. The van der Waals surface area contributed by atoms with Crippen LogP contribution in [0.2, 0.25) is 0 Å². The zero-order valence-corrected chi connectivity index (χ0v) is 12.6. The number of ether oxygens (including phenoxy) is 2. The van der Waals surface area contributed by atoms with E-state index >= 15 is 0 Å². The summed E-state index contributed by atoms with van der Waals surface area (Å²) >= 11 is 0. The number of aromatic hydroxyl groups is 1. The van der Waals surface area contributed by atoms with Gasteiger partial charge in [-0.3, -0.25) is 4.79 Å². The minimum absolute atomic E-state index is 0.0467. The Kier molecular flexibility index (Phi) is 5.57. The molecule has 6 nitrogen and oxygen atoms in total. The Morgan fingerprint density at radius 1 is 1.13 bits per heavy atom. The van der Waals surface area contributed by atoms with Gasteiger partial charge in [0.25, 0.3) is 5.91 Å². The zero-order chi connectivity index (χ0) is 16.7. The highest BCUT2D eigenvalue weighted by atomic mass is 16.5. The monoisotopic (exact) mass is 315 g/mol. The van der Waals surface area contributed by atoms with Crippen molar-refractivity contribution in [3.8, 4) is 11.5 Å². The third kappa shape index (κ3) is 4.74. The van der Waals surface area contributed by atoms with Crippen LogP contribution in [0.5, 0.6) is 11.5 Å². The predicted molar refractivity (Wildman–Crippen MR) is 84.6 cm³/mol. The lowest BCUT2D eigenvalue weighted by molar-refractivity contribution is -0.119. The molecule has 0 aliphatic carbocycles. The lowest BCUT2D eigenvalue weighted by atomic mass is 10.2. The van der Waals surface area contributed by atoms with Crippen LogP contribution in [0.3, 0.4) is 0 Å². The number of hydrogen-bond acceptors (Lipinski definition) is 5. The maximum absolute atomic E-state index is 11.9. The summed E-state index contributed by atoms with van der Waals surface area (Å²) in [6, 6.07) is 12.7. The van der Waals surface area contributed by atoms with Crippen molar-refractivity contribution < 1.29 is 24.2 Å². The van der Waals surface area contributed by atoms with E-state index in [9.17, 15) is 14.7 Å². The summed E-state index contributed by atoms with van der Waals surface area (Å²) in [7, 11) is 0. The molecule has 0 saturated carbocycles. The van der Waals surface area contributed by atoms with Crippen molar-refractivity contribution in [1.29, 1.82) is 0 Å². The van der Waals surface area contributed by atoms with Gasteiger partial charge in [-0.25, -0.2) is 4.79 Å². The second-order valence-corrected chi connectivity index (χ2v) is 4.60.